The Balaban J connectivity index is 1.69. The zero-order valence-electron chi connectivity index (χ0n) is 14.9. The lowest BCUT2D eigenvalue weighted by atomic mass is 10.2. The molecule has 0 radical (unpaired) electrons. The maximum Gasteiger partial charge on any atom is 0.278 e. The van der Waals surface area contributed by atoms with Gasteiger partial charge in [-0.1, -0.05) is 12.1 Å². The predicted molar refractivity (Wildman–Crippen MR) is 102 cm³/mol. The third kappa shape index (κ3) is 4.22. The summed E-state index contributed by atoms with van der Waals surface area (Å²) in [4.78, 5) is 27.0. The summed E-state index contributed by atoms with van der Waals surface area (Å²) in [5.41, 5.74) is 3.39. The van der Waals surface area contributed by atoms with Gasteiger partial charge in [0.25, 0.3) is 5.91 Å². The van der Waals surface area contributed by atoms with E-state index in [9.17, 15) is 4.79 Å². The molecule has 3 aromatic rings. The van der Waals surface area contributed by atoms with Crippen LogP contribution >= 0.6 is 0 Å². The number of hydrogen-bond donors (Lipinski definition) is 1. The molecular formula is C20H21N5O. The number of benzene rings is 1. The van der Waals surface area contributed by atoms with Gasteiger partial charge in [-0.25, -0.2) is 9.97 Å². The van der Waals surface area contributed by atoms with Crippen molar-refractivity contribution in [2.45, 2.75) is 20.4 Å². The fourth-order valence-corrected chi connectivity index (χ4v) is 2.60. The molecule has 6 heteroatoms. The van der Waals surface area contributed by atoms with E-state index in [1.165, 1.54) is 6.20 Å². The first-order chi connectivity index (χ1) is 12.7. The van der Waals surface area contributed by atoms with Crippen molar-refractivity contribution in [3.63, 3.8) is 0 Å². The van der Waals surface area contributed by atoms with E-state index in [2.05, 4.69) is 20.3 Å². The summed E-state index contributed by atoms with van der Waals surface area (Å²) < 4.78 is 0. The average Bonchev–Trinajstić information content (AvgIpc) is 2.68. The van der Waals surface area contributed by atoms with Crippen LogP contribution in [-0.2, 0) is 6.54 Å². The molecule has 0 fully saturated rings. The highest BCUT2D eigenvalue weighted by Gasteiger charge is 2.17. The van der Waals surface area contributed by atoms with Crippen LogP contribution in [0.15, 0.2) is 61.2 Å². The molecule has 0 saturated heterocycles. The Morgan fingerprint density at radius 1 is 1.12 bits per heavy atom. The van der Waals surface area contributed by atoms with Gasteiger partial charge in [-0.15, -0.1) is 0 Å². The van der Waals surface area contributed by atoms with Gasteiger partial charge in [-0.05, 0) is 49.2 Å². The number of hydrogen-bond acceptors (Lipinski definition) is 5. The Morgan fingerprint density at radius 2 is 1.92 bits per heavy atom. The number of aromatic nitrogens is 3. The Labute approximate surface area is 153 Å². The van der Waals surface area contributed by atoms with Crippen LogP contribution in [0.2, 0.25) is 0 Å². The van der Waals surface area contributed by atoms with Crippen molar-refractivity contribution >= 4 is 17.4 Å². The fourth-order valence-electron chi connectivity index (χ4n) is 2.60. The third-order valence-electron chi connectivity index (χ3n) is 3.97. The molecule has 0 aliphatic rings. The van der Waals surface area contributed by atoms with Gasteiger partial charge in [-0.3, -0.25) is 9.78 Å². The standard InChI is InChI=1S/C20H21N5O/c1-3-25(17-6-4-5-15(2)11-17)20(26)18-13-24-19(14-22-18)23-12-16-7-9-21-10-8-16/h4-11,13-14H,3,12H2,1-2H3,(H,23,24). The maximum atomic E-state index is 12.8. The van der Waals surface area contributed by atoms with Gasteiger partial charge < -0.3 is 10.2 Å². The first kappa shape index (κ1) is 17.5. The lowest BCUT2D eigenvalue weighted by molar-refractivity contribution is 0.0983. The monoisotopic (exact) mass is 347 g/mol. The number of nitrogens with one attached hydrogen (secondary N) is 1. The van der Waals surface area contributed by atoms with Crippen LogP contribution in [0, 0.1) is 6.92 Å². The second-order valence-corrected chi connectivity index (χ2v) is 5.88. The molecule has 0 spiro atoms. The normalized spacial score (nSPS) is 10.4. The summed E-state index contributed by atoms with van der Waals surface area (Å²) in [5, 5.41) is 3.18. The first-order valence-electron chi connectivity index (χ1n) is 8.50. The summed E-state index contributed by atoms with van der Waals surface area (Å²) in [6, 6.07) is 11.7. The second kappa shape index (κ2) is 8.20. The van der Waals surface area contributed by atoms with Gasteiger partial charge in [-0.2, -0.15) is 0 Å². The predicted octanol–water partition coefficient (Wildman–Crippen LogP) is 3.46. The van der Waals surface area contributed by atoms with Crippen molar-refractivity contribution in [3.8, 4) is 0 Å². The molecule has 3 rings (SSSR count). The summed E-state index contributed by atoms with van der Waals surface area (Å²) in [6.07, 6.45) is 6.58. The average molecular weight is 347 g/mol. The molecule has 132 valence electrons. The molecule has 6 nitrogen and oxygen atoms in total. The van der Waals surface area contributed by atoms with E-state index in [1.54, 1.807) is 23.5 Å². The van der Waals surface area contributed by atoms with Crippen molar-refractivity contribution < 1.29 is 4.79 Å². The number of aryl methyl sites for hydroxylation is 1. The first-order valence-corrected chi connectivity index (χ1v) is 8.50. The quantitative estimate of drug-likeness (QED) is 0.739. The Hall–Kier alpha value is -3.28. The van der Waals surface area contributed by atoms with E-state index in [1.807, 2.05) is 50.2 Å². The molecule has 0 unspecified atom stereocenters. The van der Waals surface area contributed by atoms with E-state index < -0.39 is 0 Å². The van der Waals surface area contributed by atoms with E-state index >= 15 is 0 Å². The van der Waals surface area contributed by atoms with Gasteiger partial charge >= 0.3 is 0 Å². The number of carbonyl (C=O) groups is 1. The number of nitrogens with zero attached hydrogens (tertiary/aromatic N) is 4. The van der Waals surface area contributed by atoms with Gasteiger partial charge in [0, 0.05) is 31.2 Å². The van der Waals surface area contributed by atoms with Crippen molar-refractivity contribution in [1.29, 1.82) is 0 Å². The Morgan fingerprint density at radius 3 is 2.58 bits per heavy atom. The van der Waals surface area contributed by atoms with Gasteiger partial charge in [0.1, 0.15) is 11.5 Å². The van der Waals surface area contributed by atoms with Crippen LogP contribution in [0.1, 0.15) is 28.5 Å². The summed E-state index contributed by atoms with van der Waals surface area (Å²) >= 11 is 0. The van der Waals surface area contributed by atoms with Crippen LogP contribution in [0.25, 0.3) is 0 Å². The highest BCUT2D eigenvalue weighted by Crippen LogP contribution is 2.18. The van der Waals surface area contributed by atoms with Crippen LogP contribution in [-0.4, -0.2) is 27.4 Å². The van der Waals surface area contributed by atoms with Crippen LogP contribution in [0.4, 0.5) is 11.5 Å². The Kier molecular flexibility index (Phi) is 5.53. The number of rotatable bonds is 6. The SMILES string of the molecule is CCN(C(=O)c1cnc(NCc2ccncc2)cn1)c1cccc(C)c1. The van der Waals surface area contributed by atoms with E-state index in [-0.39, 0.29) is 5.91 Å². The summed E-state index contributed by atoms with van der Waals surface area (Å²) in [5.74, 6) is 0.461. The number of amides is 1. The van der Waals surface area contributed by atoms with Crippen molar-refractivity contribution in [2.24, 2.45) is 0 Å². The number of pyridine rings is 1. The lowest BCUT2D eigenvalue weighted by Gasteiger charge is -2.21. The van der Waals surface area contributed by atoms with Crippen molar-refractivity contribution in [3.05, 3.63) is 78.0 Å². The molecule has 0 atom stereocenters. The fraction of sp³-hybridized carbons (Fsp3) is 0.200. The maximum absolute atomic E-state index is 12.8. The van der Waals surface area contributed by atoms with Gasteiger partial charge in [0.05, 0.1) is 12.4 Å². The molecule has 1 N–H and O–H groups in total. The molecule has 2 heterocycles. The number of anilines is 2. The molecule has 1 amide bonds. The lowest BCUT2D eigenvalue weighted by Crippen LogP contribution is -2.31. The minimum atomic E-state index is -0.161. The number of carbonyl (C=O) groups excluding carboxylic acids is 1. The zero-order valence-corrected chi connectivity index (χ0v) is 14.9. The van der Waals surface area contributed by atoms with Crippen LogP contribution < -0.4 is 10.2 Å². The minimum Gasteiger partial charge on any atom is -0.365 e. The van der Waals surface area contributed by atoms with Crippen molar-refractivity contribution in [1.82, 2.24) is 15.0 Å². The van der Waals surface area contributed by atoms with Gasteiger partial charge in [0.2, 0.25) is 0 Å². The van der Waals surface area contributed by atoms with E-state index in [0.717, 1.165) is 16.8 Å². The molecule has 0 bridgehead atoms. The molecule has 1 aromatic carbocycles. The molecule has 0 aliphatic carbocycles. The highest BCUT2D eigenvalue weighted by molar-refractivity contribution is 6.04. The zero-order chi connectivity index (χ0) is 18.4. The third-order valence-corrected chi connectivity index (χ3v) is 3.97. The molecule has 0 aliphatic heterocycles. The Bertz CT molecular complexity index is 865. The summed E-state index contributed by atoms with van der Waals surface area (Å²) in [7, 11) is 0. The van der Waals surface area contributed by atoms with Crippen LogP contribution in [0.3, 0.4) is 0 Å². The molecule has 0 saturated carbocycles. The second-order valence-electron chi connectivity index (χ2n) is 5.88. The minimum absolute atomic E-state index is 0.161. The topological polar surface area (TPSA) is 71.0 Å². The van der Waals surface area contributed by atoms with E-state index in [4.69, 9.17) is 0 Å². The molecule has 2 aromatic heterocycles. The van der Waals surface area contributed by atoms with Crippen molar-refractivity contribution in [2.75, 3.05) is 16.8 Å². The van der Waals surface area contributed by atoms with Crippen LogP contribution in [0.5, 0.6) is 0 Å². The largest absolute Gasteiger partial charge is 0.365 e. The molecular weight excluding hydrogens is 326 g/mol. The van der Waals surface area contributed by atoms with E-state index in [0.29, 0.717) is 24.6 Å². The van der Waals surface area contributed by atoms with Gasteiger partial charge in [0.15, 0.2) is 0 Å². The smallest absolute Gasteiger partial charge is 0.278 e. The highest BCUT2D eigenvalue weighted by atomic mass is 16.2. The molecule has 26 heavy (non-hydrogen) atoms. The summed E-state index contributed by atoms with van der Waals surface area (Å²) in [6.45, 7) is 5.13.